The normalized spacial score (nSPS) is 11.5. The van der Waals surface area contributed by atoms with Crippen molar-refractivity contribution in [2.24, 2.45) is 0 Å². The molecule has 2 rings (SSSR count). The Kier molecular flexibility index (Phi) is 2.22. The minimum Gasteiger partial charge on any atom is -0.332 e. The number of fused-ring (bicyclic) bond motifs is 1. The number of hydrogen-bond acceptors (Lipinski definition) is 1. The molecule has 0 saturated carbocycles. The van der Waals surface area contributed by atoms with Gasteiger partial charge in [0, 0.05) is 6.07 Å². The van der Waals surface area contributed by atoms with Crippen molar-refractivity contribution in [1.29, 1.82) is 0 Å². The first-order valence-corrected chi connectivity index (χ1v) is 4.50. The predicted octanol–water partition coefficient (Wildman–Crippen LogP) is 3.40. The van der Waals surface area contributed by atoms with E-state index in [1.807, 2.05) is 0 Å². The molecule has 1 aromatic heterocycles. The minimum absolute atomic E-state index is 0.318. The molecule has 0 amide bonds. The number of nitrogens with zero attached hydrogens (tertiary/aromatic N) is 1. The highest BCUT2D eigenvalue weighted by Crippen LogP contribution is 2.26. The standard InChI is InChI=1S/C8H4BrF3N2/c9-8-13-5-1-3(7(11)12)4(10)2-6(5)14-8/h1-2,7H,(H,13,14). The van der Waals surface area contributed by atoms with Crippen LogP contribution < -0.4 is 0 Å². The lowest BCUT2D eigenvalue weighted by atomic mass is 10.2. The Morgan fingerprint density at radius 1 is 1.36 bits per heavy atom. The maximum Gasteiger partial charge on any atom is 0.266 e. The summed E-state index contributed by atoms with van der Waals surface area (Å²) in [5.74, 6) is -0.938. The number of hydrogen-bond donors (Lipinski definition) is 1. The second-order valence-electron chi connectivity index (χ2n) is 2.72. The maximum absolute atomic E-state index is 13.0. The van der Waals surface area contributed by atoms with Crippen molar-refractivity contribution in [3.05, 3.63) is 28.2 Å². The monoisotopic (exact) mass is 264 g/mol. The van der Waals surface area contributed by atoms with Crippen molar-refractivity contribution < 1.29 is 13.2 Å². The summed E-state index contributed by atoms with van der Waals surface area (Å²) in [7, 11) is 0. The number of imidazole rings is 1. The molecular formula is C8H4BrF3N2. The number of aromatic amines is 1. The number of aromatic nitrogens is 2. The van der Waals surface area contributed by atoms with Gasteiger partial charge in [0.25, 0.3) is 6.43 Å². The summed E-state index contributed by atoms with van der Waals surface area (Å²) in [5, 5.41) is 0. The van der Waals surface area contributed by atoms with Crippen LogP contribution in [-0.4, -0.2) is 9.97 Å². The van der Waals surface area contributed by atoms with Gasteiger partial charge < -0.3 is 4.98 Å². The second-order valence-corrected chi connectivity index (χ2v) is 3.47. The molecular weight excluding hydrogens is 261 g/mol. The smallest absolute Gasteiger partial charge is 0.266 e. The summed E-state index contributed by atoms with van der Waals surface area (Å²) in [6, 6.07) is 2.05. The summed E-state index contributed by atoms with van der Waals surface area (Å²) in [6.45, 7) is 0. The maximum atomic E-state index is 13.0. The van der Waals surface area contributed by atoms with Crippen molar-refractivity contribution in [3.8, 4) is 0 Å². The van der Waals surface area contributed by atoms with Crippen molar-refractivity contribution >= 4 is 27.0 Å². The van der Waals surface area contributed by atoms with Crippen molar-refractivity contribution in [2.45, 2.75) is 6.43 Å². The Balaban J connectivity index is 2.70. The summed E-state index contributed by atoms with van der Waals surface area (Å²) in [5.41, 5.74) is 0.0843. The number of nitrogens with one attached hydrogen (secondary N) is 1. The minimum atomic E-state index is -2.82. The predicted molar refractivity (Wildman–Crippen MR) is 48.7 cm³/mol. The van der Waals surface area contributed by atoms with Gasteiger partial charge in [-0.3, -0.25) is 0 Å². The van der Waals surface area contributed by atoms with E-state index in [1.165, 1.54) is 0 Å². The zero-order valence-corrected chi connectivity index (χ0v) is 8.28. The van der Waals surface area contributed by atoms with Crippen molar-refractivity contribution in [3.63, 3.8) is 0 Å². The number of H-pyrrole nitrogens is 1. The Morgan fingerprint density at radius 3 is 2.71 bits per heavy atom. The molecule has 0 atom stereocenters. The molecule has 6 heteroatoms. The van der Waals surface area contributed by atoms with E-state index < -0.39 is 17.8 Å². The molecule has 0 saturated heterocycles. The van der Waals surface area contributed by atoms with Crippen LogP contribution in [0.5, 0.6) is 0 Å². The summed E-state index contributed by atoms with van der Waals surface area (Å²) in [6.07, 6.45) is -2.82. The topological polar surface area (TPSA) is 28.7 Å². The van der Waals surface area contributed by atoms with Crippen LogP contribution in [0.2, 0.25) is 0 Å². The Morgan fingerprint density at radius 2 is 2.07 bits per heavy atom. The lowest BCUT2D eigenvalue weighted by Gasteiger charge is -2.00. The first-order valence-electron chi connectivity index (χ1n) is 3.70. The highest BCUT2D eigenvalue weighted by atomic mass is 79.9. The van der Waals surface area contributed by atoms with E-state index in [-0.39, 0.29) is 0 Å². The molecule has 2 nitrogen and oxygen atoms in total. The van der Waals surface area contributed by atoms with Gasteiger partial charge in [0.05, 0.1) is 16.6 Å². The van der Waals surface area contributed by atoms with Crippen LogP contribution in [-0.2, 0) is 0 Å². The zero-order chi connectivity index (χ0) is 10.3. The van der Waals surface area contributed by atoms with E-state index in [0.717, 1.165) is 12.1 Å². The van der Waals surface area contributed by atoms with E-state index in [9.17, 15) is 13.2 Å². The first-order chi connectivity index (χ1) is 6.58. The van der Waals surface area contributed by atoms with Gasteiger partial charge in [0.15, 0.2) is 4.73 Å². The van der Waals surface area contributed by atoms with Crippen LogP contribution >= 0.6 is 15.9 Å². The number of alkyl halides is 2. The molecule has 1 N–H and O–H groups in total. The van der Waals surface area contributed by atoms with Gasteiger partial charge in [0.2, 0.25) is 0 Å². The van der Waals surface area contributed by atoms with Crippen LogP contribution in [0.15, 0.2) is 16.9 Å². The average molecular weight is 265 g/mol. The zero-order valence-electron chi connectivity index (χ0n) is 6.69. The highest BCUT2D eigenvalue weighted by molar-refractivity contribution is 9.10. The van der Waals surface area contributed by atoms with Crippen molar-refractivity contribution in [1.82, 2.24) is 9.97 Å². The molecule has 0 radical (unpaired) electrons. The molecule has 0 aliphatic carbocycles. The molecule has 0 bridgehead atoms. The molecule has 1 heterocycles. The van der Waals surface area contributed by atoms with E-state index in [4.69, 9.17) is 0 Å². The quantitative estimate of drug-likeness (QED) is 0.841. The van der Waals surface area contributed by atoms with Crippen LogP contribution in [0.4, 0.5) is 13.2 Å². The van der Waals surface area contributed by atoms with E-state index >= 15 is 0 Å². The van der Waals surface area contributed by atoms with Gasteiger partial charge in [-0.15, -0.1) is 0 Å². The molecule has 74 valence electrons. The number of rotatable bonds is 1. The molecule has 0 spiro atoms. The van der Waals surface area contributed by atoms with Crippen LogP contribution in [0.1, 0.15) is 12.0 Å². The SMILES string of the molecule is Fc1cc2nc(Br)[nH]c2cc1C(F)F. The molecule has 0 aliphatic heterocycles. The number of halogens is 4. The molecule has 1 aromatic carbocycles. The van der Waals surface area contributed by atoms with Crippen molar-refractivity contribution in [2.75, 3.05) is 0 Å². The Hall–Kier alpha value is -1.04. The van der Waals surface area contributed by atoms with Gasteiger partial charge in [-0.1, -0.05) is 0 Å². The molecule has 14 heavy (non-hydrogen) atoms. The third kappa shape index (κ3) is 1.50. The molecule has 0 unspecified atom stereocenters. The average Bonchev–Trinajstić information content (AvgIpc) is 2.42. The van der Waals surface area contributed by atoms with Crippen LogP contribution in [0.25, 0.3) is 11.0 Å². The third-order valence-electron chi connectivity index (χ3n) is 1.81. The van der Waals surface area contributed by atoms with Crippen LogP contribution in [0.3, 0.4) is 0 Å². The summed E-state index contributed by atoms with van der Waals surface area (Å²) < 4.78 is 38.0. The van der Waals surface area contributed by atoms with Gasteiger partial charge in [-0.05, 0) is 22.0 Å². The van der Waals surface area contributed by atoms with E-state index in [0.29, 0.717) is 15.8 Å². The Bertz CT molecular complexity index is 481. The largest absolute Gasteiger partial charge is 0.332 e. The van der Waals surface area contributed by atoms with Gasteiger partial charge in [-0.25, -0.2) is 18.2 Å². The van der Waals surface area contributed by atoms with E-state index in [2.05, 4.69) is 25.9 Å². The highest BCUT2D eigenvalue weighted by Gasteiger charge is 2.15. The fraction of sp³-hybridized carbons (Fsp3) is 0.125. The van der Waals surface area contributed by atoms with Gasteiger partial charge in [0.1, 0.15) is 5.82 Å². The molecule has 2 aromatic rings. The second kappa shape index (κ2) is 3.27. The first kappa shape index (κ1) is 9.51. The fourth-order valence-electron chi connectivity index (χ4n) is 1.18. The van der Waals surface area contributed by atoms with Gasteiger partial charge >= 0.3 is 0 Å². The summed E-state index contributed by atoms with van der Waals surface area (Å²) >= 11 is 3.03. The fourth-order valence-corrected chi connectivity index (χ4v) is 1.59. The van der Waals surface area contributed by atoms with Gasteiger partial charge in [-0.2, -0.15) is 0 Å². The Labute approximate surface area is 85.3 Å². The third-order valence-corrected chi connectivity index (χ3v) is 2.18. The summed E-state index contributed by atoms with van der Waals surface area (Å²) in [4.78, 5) is 6.54. The lowest BCUT2D eigenvalue weighted by molar-refractivity contribution is 0.146. The molecule has 0 fully saturated rings. The lowest BCUT2D eigenvalue weighted by Crippen LogP contribution is -1.90. The molecule has 0 aliphatic rings. The van der Waals surface area contributed by atoms with Crippen LogP contribution in [0, 0.1) is 5.82 Å². The number of benzene rings is 1. The van der Waals surface area contributed by atoms with E-state index in [1.54, 1.807) is 0 Å².